The minimum absolute atomic E-state index is 0.00339. The number of guanidine groups is 2. The van der Waals surface area contributed by atoms with E-state index in [0.717, 1.165) is 0 Å². The second kappa shape index (κ2) is 35.9. The third kappa shape index (κ3) is 28.0. The number of imidazole rings is 1. The van der Waals surface area contributed by atoms with E-state index in [1.54, 1.807) is 27.7 Å². The van der Waals surface area contributed by atoms with Gasteiger partial charge < -0.3 is 97.5 Å². The average Bonchev–Trinajstić information content (AvgIpc) is 3.89. The number of amides is 10. The molecule has 0 bridgehead atoms. The number of hydrogen-bond donors (Lipinski definition) is 18. The first-order valence-corrected chi connectivity index (χ1v) is 26.5. The van der Waals surface area contributed by atoms with E-state index in [9.17, 15) is 67.7 Å². The van der Waals surface area contributed by atoms with E-state index < -0.39 is 150 Å². The molecule has 82 heavy (non-hydrogen) atoms. The van der Waals surface area contributed by atoms with Gasteiger partial charge in [0.1, 0.15) is 54.4 Å². The summed E-state index contributed by atoms with van der Waals surface area (Å²) >= 11 is 0. The molecule has 33 heteroatoms. The summed E-state index contributed by atoms with van der Waals surface area (Å²) in [7, 11) is 0. The van der Waals surface area contributed by atoms with E-state index in [0.29, 0.717) is 12.1 Å². The molecule has 460 valence electrons. The predicted molar refractivity (Wildman–Crippen MR) is 296 cm³/mol. The lowest BCUT2D eigenvalue weighted by atomic mass is 9.99. The number of carboxylic acid groups (broad SMARTS) is 2. The second-order valence-electron chi connectivity index (χ2n) is 20.7. The zero-order valence-electron chi connectivity index (χ0n) is 47.5. The van der Waals surface area contributed by atoms with E-state index in [1.165, 1.54) is 26.4 Å². The Balaban J connectivity index is 3.42. The molecule has 0 aliphatic carbocycles. The molecule has 1 aromatic rings. The van der Waals surface area contributed by atoms with Crippen LogP contribution in [0.25, 0.3) is 0 Å². The van der Waals surface area contributed by atoms with Crippen molar-refractivity contribution >= 4 is 82.9 Å². The molecule has 10 atom stereocenters. The topological polar surface area (TPSA) is 563 Å². The SMILES string of the molecule is CC(C)C[C@H](NC(=O)[C@H](CC(=O)O)NC(=O)[C@H](CCCN=C(N)N)NC(=O)[C@H](Cc1cnc[nH]1)NC(=O)[C@@H](NC(=O)[C@@H](N)CC(C)C)C(C)C)C(=O)N[C@@H](C)C(=O)N[C@@H](C)C(=O)N[C@@H](CCCN=C(N)N)C(=O)N[C@@H](CC(N)=O)C(=O)O. The fourth-order valence-corrected chi connectivity index (χ4v) is 7.70. The van der Waals surface area contributed by atoms with Gasteiger partial charge in [-0.15, -0.1) is 0 Å². The third-order valence-corrected chi connectivity index (χ3v) is 12.0. The van der Waals surface area contributed by atoms with Crippen LogP contribution in [0.1, 0.15) is 112 Å². The molecule has 0 unspecified atom stereocenters. The lowest BCUT2D eigenvalue weighted by Crippen LogP contribution is -2.61. The van der Waals surface area contributed by atoms with Gasteiger partial charge in [-0.3, -0.25) is 62.7 Å². The van der Waals surface area contributed by atoms with Gasteiger partial charge in [0.25, 0.3) is 0 Å². The van der Waals surface area contributed by atoms with Crippen LogP contribution in [-0.2, 0) is 64.0 Å². The fourth-order valence-electron chi connectivity index (χ4n) is 7.70. The highest BCUT2D eigenvalue weighted by atomic mass is 16.4. The summed E-state index contributed by atoms with van der Waals surface area (Å²) in [6.07, 6.45) is 0.748. The lowest BCUT2D eigenvalue weighted by Gasteiger charge is -2.28. The number of carboxylic acids is 2. The first-order chi connectivity index (χ1) is 38.2. The van der Waals surface area contributed by atoms with Gasteiger partial charge in [0.05, 0.1) is 25.2 Å². The molecule has 1 aromatic heterocycles. The number of nitrogens with one attached hydrogen (secondary N) is 10. The molecule has 0 fully saturated rings. The number of hydrogen-bond acceptors (Lipinski definition) is 16. The molecule has 0 spiro atoms. The Morgan fingerprint density at radius 2 is 0.939 bits per heavy atom. The number of aromatic nitrogens is 2. The highest BCUT2D eigenvalue weighted by molar-refractivity contribution is 5.99. The van der Waals surface area contributed by atoms with Gasteiger partial charge in [0, 0.05) is 31.4 Å². The van der Waals surface area contributed by atoms with Crippen LogP contribution >= 0.6 is 0 Å². The molecule has 0 radical (unpaired) electrons. The van der Waals surface area contributed by atoms with Crippen LogP contribution in [0, 0.1) is 17.8 Å². The van der Waals surface area contributed by atoms with Gasteiger partial charge in [-0.1, -0.05) is 41.5 Å². The van der Waals surface area contributed by atoms with Gasteiger partial charge >= 0.3 is 11.9 Å². The lowest BCUT2D eigenvalue weighted by molar-refractivity contribution is -0.143. The monoisotopic (exact) mass is 1160 g/mol. The maximum Gasteiger partial charge on any atom is 0.326 e. The number of nitrogens with zero attached hydrogens (tertiary/aromatic N) is 3. The van der Waals surface area contributed by atoms with Crippen LogP contribution in [0.15, 0.2) is 22.5 Å². The number of primary amides is 1. The summed E-state index contributed by atoms with van der Waals surface area (Å²) in [6, 6.07) is -14.4. The summed E-state index contributed by atoms with van der Waals surface area (Å²) < 4.78 is 0. The number of aliphatic imine (C=N–C) groups is 2. The molecule has 0 aliphatic rings. The van der Waals surface area contributed by atoms with E-state index in [1.807, 2.05) is 13.8 Å². The van der Waals surface area contributed by atoms with Crippen LogP contribution in [0.2, 0.25) is 0 Å². The molecular formula is C49H85N19O14. The van der Waals surface area contributed by atoms with Gasteiger partial charge in [-0.2, -0.15) is 0 Å². The Morgan fingerprint density at radius 3 is 1.39 bits per heavy atom. The number of carbonyl (C=O) groups excluding carboxylic acids is 10. The van der Waals surface area contributed by atoms with Gasteiger partial charge in [0.15, 0.2) is 11.9 Å². The minimum Gasteiger partial charge on any atom is -0.481 e. The van der Waals surface area contributed by atoms with E-state index >= 15 is 0 Å². The summed E-state index contributed by atoms with van der Waals surface area (Å²) in [5.41, 5.74) is 33.3. The highest BCUT2D eigenvalue weighted by Crippen LogP contribution is 2.12. The molecule has 33 nitrogen and oxygen atoms in total. The summed E-state index contributed by atoms with van der Waals surface area (Å²) in [4.78, 5) is 173. The predicted octanol–water partition coefficient (Wildman–Crippen LogP) is -6.03. The maximum atomic E-state index is 14.2. The quantitative estimate of drug-likeness (QED) is 0.0166. The van der Waals surface area contributed by atoms with Crippen molar-refractivity contribution in [2.45, 2.75) is 174 Å². The zero-order chi connectivity index (χ0) is 62.6. The van der Waals surface area contributed by atoms with E-state index in [-0.39, 0.29) is 75.4 Å². The Kier molecular flexibility index (Phi) is 31.2. The van der Waals surface area contributed by atoms with Crippen molar-refractivity contribution in [3.63, 3.8) is 0 Å². The van der Waals surface area contributed by atoms with Crippen molar-refractivity contribution < 1.29 is 67.7 Å². The summed E-state index contributed by atoms with van der Waals surface area (Å²) in [6.45, 7) is 12.9. The molecule has 1 rings (SSSR count). The zero-order valence-corrected chi connectivity index (χ0v) is 47.5. The molecule has 10 amide bonds. The van der Waals surface area contributed by atoms with Gasteiger partial charge in [-0.05, 0) is 70.1 Å². The van der Waals surface area contributed by atoms with Crippen molar-refractivity contribution in [2.75, 3.05) is 13.1 Å². The molecule has 0 saturated carbocycles. The smallest absolute Gasteiger partial charge is 0.326 e. The maximum absolute atomic E-state index is 14.2. The van der Waals surface area contributed by atoms with E-state index in [2.05, 4.69) is 67.8 Å². The van der Waals surface area contributed by atoms with Crippen LogP contribution < -0.4 is 82.3 Å². The first kappa shape index (κ1) is 71.4. The van der Waals surface area contributed by atoms with Crippen molar-refractivity contribution in [3.05, 3.63) is 18.2 Å². The summed E-state index contributed by atoms with van der Waals surface area (Å²) in [5, 5.41) is 41.4. The van der Waals surface area contributed by atoms with Crippen LogP contribution in [-0.4, -0.2) is 177 Å². The van der Waals surface area contributed by atoms with Gasteiger partial charge in [-0.25, -0.2) is 9.78 Å². The number of H-pyrrole nitrogens is 1. The molecule has 0 aliphatic heterocycles. The third-order valence-electron chi connectivity index (χ3n) is 12.0. The molecular weight excluding hydrogens is 1080 g/mol. The highest BCUT2D eigenvalue weighted by Gasteiger charge is 2.36. The Bertz CT molecular complexity index is 2410. The van der Waals surface area contributed by atoms with Crippen molar-refractivity contribution in [2.24, 2.45) is 62.1 Å². The average molecular weight is 1160 g/mol. The Morgan fingerprint density at radius 1 is 0.512 bits per heavy atom. The van der Waals surface area contributed by atoms with Gasteiger partial charge in [0.2, 0.25) is 59.1 Å². The largest absolute Gasteiger partial charge is 0.481 e. The number of aromatic amines is 1. The number of aliphatic carboxylic acids is 2. The molecule has 1 heterocycles. The second-order valence-corrected chi connectivity index (χ2v) is 20.7. The van der Waals surface area contributed by atoms with Crippen LogP contribution in [0.5, 0.6) is 0 Å². The summed E-state index contributed by atoms with van der Waals surface area (Å²) in [5.74, 6) is -13.8. The van der Waals surface area contributed by atoms with Crippen molar-refractivity contribution in [1.82, 2.24) is 57.8 Å². The van der Waals surface area contributed by atoms with Crippen LogP contribution in [0.4, 0.5) is 0 Å². The first-order valence-electron chi connectivity index (χ1n) is 26.5. The number of carbonyl (C=O) groups is 12. The molecule has 0 aromatic carbocycles. The fraction of sp³-hybridized carbons (Fsp3) is 0.653. The van der Waals surface area contributed by atoms with Crippen molar-refractivity contribution in [3.8, 4) is 0 Å². The van der Waals surface area contributed by atoms with Crippen molar-refractivity contribution in [1.29, 1.82) is 0 Å². The van der Waals surface area contributed by atoms with Crippen LogP contribution in [0.3, 0.4) is 0 Å². The molecule has 0 saturated heterocycles. The number of nitrogens with two attached hydrogens (primary N) is 6. The standard InChI is InChI=1S/C49H85N19O14/c1-22(2)15-28(50)40(74)68-37(24(5)6)46(80)66-32(17-27-20-56-21-59-27)44(78)63-30(12-10-14-58-49(54)55)41(75)65-33(19-36(70)71)45(79)64-31(16-23(3)4)43(77)61-25(7)38(72)60-26(8)39(73)62-29(11-9-13-57-48(52)53)42(76)67-34(47(81)82)18-35(51)69/h20-26,28-34,37H,9-19,50H2,1-8H3,(H2,51,69)(H,56,59)(H,60,72)(H,61,77)(H,62,73)(H,63,78)(H,64,79)(H,65,75)(H,66,80)(H,67,76)(H,68,74)(H,70,71)(H,81,82)(H4,52,53,57)(H4,54,55,58)/t25-,26-,28-,29-,30-,31-,32-,33-,34-,37-/m0/s1. The molecule has 24 N–H and O–H groups in total. The Labute approximate surface area is 474 Å². The van der Waals surface area contributed by atoms with E-state index in [4.69, 9.17) is 34.4 Å². The number of rotatable bonds is 38. The normalized spacial score (nSPS) is 14.7. The minimum atomic E-state index is -1.89. The Hall–Kier alpha value is -8.65.